The minimum Gasteiger partial charge on any atom is -0.313 e. The van der Waals surface area contributed by atoms with E-state index in [1.807, 2.05) is 12.3 Å². The summed E-state index contributed by atoms with van der Waals surface area (Å²) >= 11 is 0. The van der Waals surface area contributed by atoms with Gasteiger partial charge in [-0.15, -0.1) is 0 Å². The minimum absolute atomic E-state index is 0.437. The number of nitrogens with zero attached hydrogens (tertiary/aromatic N) is 1. The third-order valence-corrected chi connectivity index (χ3v) is 3.26. The summed E-state index contributed by atoms with van der Waals surface area (Å²) in [4.78, 5) is 4.48. The third-order valence-electron chi connectivity index (χ3n) is 3.26. The Morgan fingerprint density at radius 1 is 1.16 bits per heavy atom. The first kappa shape index (κ1) is 14.0. The quantitative estimate of drug-likeness (QED) is 0.813. The highest BCUT2D eigenvalue weighted by molar-refractivity contribution is 5.78. The standard InChI is InChI=1S/C17H24N2/c1-17(2,3)9-6-10-18-12-14-11-15-7-4-5-8-16(15)19-13-14/h4-5,7-8,11,13,18H,6,9-10,12H2,1-3H3. The van der Waals surface area contributed by atoms with E-state index in [2.05, 4.69) is 55.3 Å². The number of pyridine rings is 1. The molecule has 2 rings (SSSR count). The molecule has 0 radical (unpaired) electrons. The highest BCUT2D eigenvalue weighted by Crippen LogP contribution is 2.19. The Balaban J connectivity index is 1.82. The lowest BCUT2D eigenvalue weighted by atomic mass is 9.91. The van der Waals surface area contributed by atoms with Gasteiger partial charge < -0.3 is 5.32 Å². The maximum absolute atomic E-state index is 4.48. The van der Waals surface area contributed by atoms with Gasteiger partial charge in [-0.05, 0) is 42.5 Å². The van der Waals surface area contributed by atoms with Crippen LogP contribution in [0.2, 0.25) is 0 Å². The molecule has 1 N–H and O–H groups in total. The summed E-state index contributed by atoms with van der Waals surface area (Å²) in [6.45, 7) is 8.85. The Morgan fingerprint density at radius 3 is 2.74 bits per heavy atom. The first-order valence-corrected chi connectivity index (χ1v) is 7.09. The van der Waals surface area contributed by atoms with Gasteiger partial charge in [-0.3, -0.25) is 4.98 Å². The summed E-state index contributed by atoms with van der Waals surface area (Å²) in [5, 5.41) is 4.72. The average Bonchev–Trinajstić information content (AvgIpc) is 2.37. The van der Waals surface area contributed by atoms with Gasteiger partial charge in [0.25, 0.3) is 0 Å². The van der Waals surface area contributed by atoms with E-state index >= 15 is 0 Å². The predicted molar refractivity (Wildman–Crippen MR) is 82.1 cm³/mol. The van der Waals surface area contributed by atoms with Crippen LogP contribution >= 0.6 is 0 Å². The maximum Gasteiger partial charge on any atom is 0.0702 e. The number of benzene rings is 1. The van der Waals surface area contributed by atoms with Crippen molar-refractivity contribution in [2.24, 2.45) is 5.41 Å². The van der Waals surface area contributed by atoms with Crippen molar-refractivity contribution < 1.29 is 0 Å². The van der Waals surface area contributed by atoms with Gasteiger partial charge in [-0.1, -0.05) is 39.0 Å². The molecule has 1 aromatic heterocycles. The number of nitrogens with one attached hydrogen (secondary N) is 1. The monoisotopic (exact) mass is 256 g/mol. The van der Waals surface area contributed by atoms with Crippen molar-refractivity contribution >= 4 is 10.9 Å². The summed E-state index contributed by atoms with van der Waals surface area (Å²) in [6.07, 6.45) is 4.46. The van der Waals surface area contributed by atoms with Crippen molar-refractivity contribution in [1.29, 1.82) is 0 Å². The number of hydrogen-bond acceptors (Lipinski definition) is 2. The van der Waals surface area contributed by atoms with E-state index in [-0.39, 0.29) is 0 Å². The molecule has 2 aromatic rings. The molecule has 2 nitrogen and oxygen atoms in total. The van der Waals surface area contributed by atoms with Crippen molar-refractivity contribution in [2.45, 2.75) is 40.2 Å². The van der Waals surface area contributed by atoms with Crippen LogP contribution in [0.4, 0.5) is 0 Å². The molecule has 0 saturated carbocycles. The van der Waals surface area contributed by atoms with Crippen molar-refractivity contribution in [3.63, 3.8) is 0 Å². The molecule has 0 aliphatic heterocycles. The van der Waals surface area contributed by atoms with Gasteiger partial charge in [0.05, 0.1) is 5.52 Å². The third kappa shape index (κ3) is 4.64. The fourth-order valence-corrected chi connectivity index (χ4v) is 2.19. The van der Waals surface area contributed by atoms with Crippen LogP contribution in [0.25, 0.3) is 10.9 Å². The lowest BCUT2D eigenvalue weighted by Crippen LogP contribution is -2.17. The molecule has 0 atom stereocenters. The van der Waals surface area contributed by atoms with Crippen LogP contribution in [0, 0.1) is 5.41 Å². The molecule has 102 valence electrons. The molecule has 0 unspecified atom stereocenters. The first-order valence-electron chi connectivity index (χ1n) is 7.09. The zero-order chi connectivity index (χ0) is 13.7. The van der Waals surface area contributed by atoms with Crippen LogP contribution in [-0.4, -0.2) is 11.5 Å². The number of hydrogen-bond donors (Lipinski definition) is 1. The van der Waals surface area contributed by atoms with Crippen LogP contribution < -0.4 is 5.32 Å². The molecule has 0 aliphatic rings. The normalized spacial score (nSPS) is 11.9. The number of fused-ring (bicyclic) bond motifs is 1. The highest BCUT2D eigenvalue weighted by Gasteiger charge is 2.08. The van der Waals surface area contributed by atoms with Crippen LogP contribution in [0.15, 0.2) is 36.5 Å². The zero-order valence-electron chi connectivity index (χ0n) is 12.2. The first-order chi connectivity index (χ1) is 9.04. The Bertz CT molecular complexity index is 526. The second-order valence-corrected chi connectivity index (χ2v) is 6.38. The fourth-order valence-electron chi connectivity index (χ4n) is 2.19. The van der Waals surface area contributed by atoms with E-state index in [1.165, 1.54) is 23.8 Å². The molecule has 0 amide bonds. The van der Waals surface area contributed by atoms with E-state index in [1.54, 1.807) is 0 Å². The number of aromatic nitrogens is 1. The van der Waals surface area contributed by atoms with Gasteiger partial charge in [-0.25, -0.2) is 0 Å². The van der Waals surface area contributed by atoms with E-state index in [0.717, 1.165) is 18.6 Å². The summed E-state index contributed by atoms with van der Waals surface area (Å²) < 4.78 is 0. The predicted octanol–water partition coefficient (Wildman–Crippen LogP) is 4.15. The average molecular weight is 256 g/mol. The fraction of sp³-hybridized carbons (Fsp3) is 0.471. The van der Waals surface area contributed by atoms with Crippen LogP contribution in [0.1, 0.15) is 39.2 Å². The highest BCUT2D eigenvalue weighted by atomic mass is 14.8. The van der Waals surface area contributed by atoms with Gasteiger partial charge in [0, 0.05) is 18.1 Å². The minimum atomic E-state index is 0.437. The smallest absolute Gasteiger partial charge is 0.0702 e. The van der Waals surface area contributed by atoms with E-state index in [0.29, 0.717) is 5.41 Å². The Labute approximate surface area is 116 Å². The molecule has 2 heteroatoms. The number of rotatable bonds is 5. The van der Waals surface area contributed by atoms with Crippen LogP contribution in [0.3, 0.4) is 0 Å². The van der Waals surface area contributed by atoms with E-state index in [4.69, 9.17) is 0 Å². The lowest BCUT2D eigenvalue weighted by Gasteiger charge is -2.17. The van der Waals surface area contributed by atoms with Crippen molar-refractivity contribution in [3.8, 4) is 0 Å². The molecule has 0 bridgehead atoms. The maximum atomic E-state index is 4.48. The Hall–Kier alpha value is -1.41. The molecule has 0 saturated heterocycles. The van der Waals surface area contributed by atoms with E-state index < -0.39 is 0 Å². The molecule has 0 fully saturated rings. The summed E-state index contributed by atoms with van der Waals surface area (Å²) in [5.74, 6) is 0. The van der Waals surface area contributed by atoms with Crippen molar-refractivity contribution in [3.05, 3.63) is 42.1 Å². The van der Waals surface area contributed by atoms with Gasteiger partial charge in [-0.2, -0.15) is 0 Å². The van der Waals surface area contributed by atoms with Gasteiger partial charge in [0.2, 0.25) is 0 Å². The second-order valence-electron chi connectivity index (χ2n) is 6.38. The SMILES string of the molecule is CC(C)(C)CCCNCc1cnc2ccccc2c1. The van der Waals surface area contributed by atoms with Crippen LogP contribution in [-0.2, 0) is 6.54 Å². The molecule has 19 heavy (non-hydrogen) atoms. The molecule has 0 spiro atoms. The molecular weight excluding hydrogens is 232 g/mol. The largest absolute Gasteiger partial charge is 0.313 e. The Kier molecular flexibility index (Phi) is 4.54. The second kappa shape index (κ2) is 6.16. The van der Waals surface area contributed by atoms with Gasteiger partial charge in [0.15, 0.2) is 0 Å². The molecule has 1 heterocycles. The Morgan fingerprint density at radius 2 is 1.95 bits per heavy atom. The zero-order valence-corrected chi connectivity index (χ0v) is 12.2. The van der Waals surface area contributed by atoms with Crippen molar-refractivity contribution in [2.75, 3.05) is 6.54 Å². The molecular formula is C17H24N2. The summed E-state index contributed by atoms with van der Waals surface area (Å²) in [5.41, 5.74) is 2.76. The number of para-hydroxylation sites is 1. The van der Waals surface area contributed by atoms with Crippen molar-refractivity contribution in [1.82, 2.24) is 10.3 Å². The van der Waals surface area contributed by atoms with E-state index in [9.17, 15) is 0 Å². The van der Waals surface area contributed by atoms with Gasteiger partial charge in [0.1, 0.15) is 0 Å². The van der Waals surface area contributed by atoms with Crippen LogP contribution in [0.5, 0.6) is 0 Å². The molecule has 1 aromatic carbocycles. The summed E-state index contributed by atoms with van der Waals surface area (Å²) in [6, 6.07) is 10.5. The van der Waals surface area contributed by atoms with Gasteiger partial charge >= 0.3 is 0 Å². The topological polar surface area (TPSA) is 24.9 Å². The molecule has 0 aliphatic carbocycles. The summed E-state index contributed by atoms with van der Waals surface area (Å²) in [7, 11) is 0. The lowest BCUT2D eigenvalue weighted by molar-refractivity contribution is 0.361.